The summed E-state index contributed by atoms with van der Waals surface area (Å²) in [5.74, 6) is 2.19. The van der Waals surface area contributed by atoms with Crippen molar-refractivity contribution in [3.63, 3.8) is 0 Å². The molecule has 1 aromatic rings. The van der Waals surface area contributed by atoms with E-state index in [2.05, 4.69) is 27.2 Å². The van der Waals surface area contributed by atoms with Gasteiger partial charge in [0, 0.05) is 31.6 Å². The van der Waals surface area contributed by atoms with Crippen LogP contribution in [-0.4, -0.2) is 54.3 Å². The molecule has 0 aromatic carbocycles. The highest BCUT2D eigenvalue weighted by Gasteiger charge is 2.27. The molecule has 0 amide bonds. The van der Waals surface area contributed by atoms with Gasteiger partial charge < -0.3 is 15.0 Å². The minimum atomic E-state index is 0.205. The van der Waals surface area contributed by atoms with Gasteiger partial charge in [0.2, 0.25) is 0 Å². The Hall–Kier alpha value is -0.910. The first-order valence-corrected chi connectivity index (χ1v) is 7.17. The van der Waals surface area contributed by atoms with E-state index in [0.717, 1.165) is 37.9 Å². The highest BCUT2D eigenvalue weighted by atomic mass is 35.5. The molecule has 6 heteroatoms. The minimum Gasteiger partial charge on any atom is -0.374 e. The van der Waals surface area contributed by atoms with Crippen LogP contribution < -0.4 is 5.32 Å². The monoisotopic (exact) mass is 282 g/mol. The first kappa shape index (κ1) is 13.1. The molecular weight excluding hydrogens is 264 g/mol. The van der Waals surface area contributed by atoms with Crippen molar-refractivity contribution in [2.45, 2.75) is 24.9 Å². The maximum Gasteiger partial charge on any atom is 0.135 e. The average Bonchev–Trinajstić information content (AvgIpc) is 3.20. The zero-order valence-electron chi connectivity index (χ0n) is 11.1. The third-order valence-electron chi connectivity index (χ3n) is 3.51. The number of hydrogen-bond donors (Lipinski definition) is 1. The maximum atomic E-state index is 6.04. The largest absolute Gasteiger partial charge is 0.374 e. The molecule has 1 aliphatic heterocycles. The maximum absolute atomic E-state index is 6.04. The zero-order valence-corrected chi connectivity index (χ0v) is 11.9. The molecule has 2 fully saturated rings. The number of halogens is 1. The molecule has 0 spiro atoms. The number of morpholine rings is 1. The standard InChI is InChI=1S/C13H19ClN4O/c1-18-4-5-19-10(8-18)7-15-12-6-11(14)16-13(17-12)9-2-3-9/h6,9-10H,2-5,7-8H2,1H3,(H,15,16,17). The van der Waals surface area contributed by atoms with Crippen LogP contribution in [0.25, 0.3) is 0 Å². The van der Waals surface area contributed by atoms with Gasteiger partial charge >= 0.3 is 0 Å². The number of aromatic nitrogens is 2. The fourth-order valence-electron chi connectivity index (χ4n) is 2.26. The van der Waals surface area contributed by atoms with E-state index in [9.17, 15) is 0 Å². The van der Waals surface area contributed by atoms with Gasteiger partial charge in [-0.3, -0.25) is 0 Å². The molecular formula is C13H19ClN4O. The highest BCUT2D eigenvalue weighted by Crippen LogP contribution is 2.38. The summed E-state index contributed by atoms with van der Waals surface area (Å²) in [4.78, 5) is 11.1. The Morgan fingerprint density at radius 2 is 2.32 bits per heavy atom. The molecule has 3 rings (SSSR count). The minimum absolute atomic E-state index is 0.205. The second-order valence-electron chi connectivity index (χ2n) is 5.34. The second-order valence-corrected chi connectivity index (χ2v) is 5.73. The van der Waals surface area contributed by atoms with E-state index < -0.39 is 0 Å². The van der Waals surface area contributed by atoms with Gasteiger partial charge in [-0.25, -0.2) is 9.97 Å². The van der Waals surface area contributed by atoms with Gasteiger partial charge in [0.15, 0.2) is 0 Å². The Kier molecular flexibility index (Phi) is 3.86. The van der Waals surface area contributed by atoms with Gasteiger partial charge in [-0.05, 0) is 19.9 Å². The molecule has 0 bridgehead atoms. The SMILES string of the molecule is CN1CCOC(CNc2cc(Cl)nc(C3CC3)n2)C1. The summed E-state index contributed by atoms with van der Waals surface area (Å²) in [6, 6.07) is 1.78. The lowest BCUT2D eigenvalue weighted by Gasteiger charge is -2.30. The summed E-state index contributed by atoms with van der Waals surface area (Å²) in [6.45, 7) is 3.49. The molecule has 1 saturated carbocycles. The Morgan fingerprint density at radius 1 is 1.47 bits per heavy atom. The summed E-state index contributed by atoms with van der Waals surface area (Å²) >= 11 is 6.04. The van der Waals surface area contributed by atoms with Crippen LogP contribution in [0.3, 0.4) is 0 Å². The fraction of sp³-hybridized carbons (Fsp3) is 0.692. The summed E-state index contributed by atoms with van der Waals surface area (Å²) in [6.07, 6.45) is 2.56. The molecule has 1 aliphatic carbocycles. The van der Waals surface area contributed by atoms with Gasteiger partial charge in [-0.15, -0.1) is 0 Å². The molecule has 2 heterocycles. The van der Waals surface area contributed by atoms with Crippen LogP contribution in [0.5, 0.6) is 0 Å². The summed E-state index contributed by atoms with van der Waals surface area (Å²) < 4.78 is 5.71. The van der Waals surface area contributed by atoms with Crippen molar-refractivity contribution >= 4 is 17.4 Å². The van der Waals surface area contributed by atoms with Gasteiger partial charge in [0.1, 0.15) is 16.8 Å². The number of rotatable bonds is 4. The Bertz CT molecular complexity index is 452. The zero-order chi connectivity index (χ0) is 13.2. The Balaban J connectivity index is 1.59. The van der Waals surface area contributed by atoms with E-state index >= 15 is 0 Å². The molecule has 1 unspecified atom stereocenters. The molecule has 0 radical (unpaired) electrons. The lowest BCUT2D eigenvalue weighted by molar-refractivity contribution is -0.0117. The number of likely N-dealkylation sites (N-methyl/N-ethyl adjacent to an activating group) is 1. The molecule has 104 valence electrons. The summed E-state index contributed by atoms with van der Waals surface area (Å²) in [5, 5.41) is 3.83. The number of hydrogen-bond acceptors (Lipinski definition) is 5. The van der Waals surface area contributed by atoms with Gasteiger partial charge in [-0.2, -0.15) is 0 Å². The smallest absolute Gasteiger partial charge is 0.135 e. The van der Waals surface area contributed by atoms with Crippen LogP contribution >= 0.6 is 11.6 Å². The lowest BCUT2D eigenvalue weighted by Crippen LogP contribution is -2.43. The van der Waals surface area contributed by atoms with Crippen molar-refractivity contribution in [2.24, 2.45) is 0 Å². The van der Waals surface area contributed by atoms with Gasteiger partial charge in [0.05, 0.1) is 12.7 Å². The number of ether oxygens (including phenoxy) is 1. The van der Waals surface area contributed by atoms with E-state index in [-0.39, 0.29) is 6.10 Å². The molecule has 1 aromatic heterocycles. The number of anilines is 1. The third-order valence-corrected chi connectivity index (χ3v) is 3.70. The molecule has 5 nitrogen and oxygen atoms in total. The van der Waals surface area contributed by atoms with E-state index in [0.29, 0.717) is 11.1 Å². The normalized spacial score (nSPS) is 24.4. The summed E-state index contributed by atoms with van der Waals surface area (Å²) in [7, 11) is 2.11. The number of nitrogens with zero attached hydrogens (tertiary/aromatic N) is 3. The van der Waals surface area contributed by atoms with Crippen molar-refractivity contribution in [1.29, 1.82) is 0 Å². The predicted octanol–water partition coefficient (Wildman–Crippen LogP) is 1.75. The van der Waals surface area contributed by atoms with Crippen LogP contribution in [-0.2, 0) is 4.74 Å². The molecule has 1 saturated heterocycles. The van der Waals surface area contributed by atoms with Crippen LogP contribution in [0.4, 0.5) is 5.82 Å². The van der Waals surface area contributed by atoms with Gasteiger partial charge in [0.25, 0.3) is 0 Å². The Morgan fingerprint density at radius 3 is 3.05 bits per heavy atom. The first-order chi connectivity index (χ1) is 9.20. The fourth-order valence-corrected chi connectivity index (χ4v) is 2.45. The van der Waals surface area contributed by atoms with Crippen molar-refractivity contribution in [2.75, 3.05) is 38.6 Å². The van der Waals surface area contributed by atoms with Crippen molar-refractivity contribution in [1.82, 2.24) is 14.9 Å². The van der Waals surface area contributed by atoms with Crippen molar-refractivity contribution in [3.05, 3.63) is 17.0 Å². The van der Waals surface area contributed by atoms with Crippen LogP contribution in [0.1, 0.15) is 24.6 Å². The van der Waals surface area contributed by atoms with E-state index in [4.69, 9.17) is 16.3 Å². The lowest BCUT2D eigenvalue weighted by atomic mass is 10.3. The predicted molar refractivity (Wildman–Crippen MR) is 74.7 cm³/mol. The first-order valence-electron chi connectivity index (χ1n) is 6.79. The molecule has 1 atom stereocenters. The van der Waals surface area contributed by atoms with Crippen LogP contribution in [0.15, 0.2) is 6.07 Å². The molecule has 1 N–H and O–H groups in total. The topological polar surface area (TPSA) is 50.3 Å². The molecule has 19 heavy (non-hydrogen) atoms. The molecule has 2 aliphatic rings. The van der Waals surface area contributed by atoms with Crippen molar-refractivity contribution in [3.8, 4) is 0 Å². The summed E-state index contributed by atoms with van der Waals surface area (Å²) in [5.41, 5.74) is 0. The van der Waals surface area contributed by atoms with Crippen molar-refractivity contribution < 1.29 is 4.74 Å². The quantitative estimate of drug-likeness (QED) is 0.853. The Labute approximate surface area is 118 Å². The van der Waals surface area contributed by atoms with Crippen LogP contribution in [0, 0.1) is 0 Å². The second kappa shape index (κ2) is 5.61. The third kappa shape index (κ3) is 3.55. The average molecular weight is 283 g/mol. The highest BCUT2D eigenvalue weighted by molar-refractivity contribution is 6.29. The van der Waals surface area contributed by atoms with Gasteiger partial charge in [-0.1, -0.05) is 11.6 Å². The number of nitrogens with one attached hydrogen (secondary N) is 1. The van der Waals surface area contributed by atoms with Crippen LogP contribution in [0.2, 0.25) is 5.15 Å². The van der Waals surface area contributed by atoms with E-state index in [1.807, 2.05) is 0 Å². The van der Waals surface area contributed by atoms with E-state index in [1.54, 1.807) is 6.07 Å². The van der Waals surface area contributed by atoms with E-state index in [1.165, 1.54) is 12.8 Å².